The van der Waals surface area contributed by atoms with Crippen molar-refractivity contribution in [3.05, 3.63) is 23.8 Å². The van der Waals surface area contributed by atoms with Crippen LogP contribution in [0.3, 0.4) is 0 Å². The average Bonchev–Trinajstić information content (AvgIpc) is 2.37. The standard InChI is InChI=1S/C18H30N2/c1-14-12-16(20-18(2,3)4)10-11-17(14)19-13-15-8-6-5-7-9-15/h10-12,15,19-20H,5-9,13H2,1-4H3. The van der Waals surface area contributed by atoms with Crippen LogP contribution in [0, 0.1) is 12.8 Å². The van der Waals surface area contributed by atoms with E-state index in [1.807, 2.05) is 0 Å². The molecular weight excluding hydrogens is 244 g/mol. The number of aryl methyl sites for hydroxylation is 1. The summed E-state index contributed by atoms with van der Waals surface area (Å²) in [7, 11) is 0. The van der Waals surface area contributed by atoms with Gasteiger partial charge in [0.05, 0.1) is 0 Å². The van der Waals surface area contributed by atoms with Gasteiger partial charge >= 0.3 is 0 Å². The highest BCUT2D eigenvalue weighted by Gasteiger charge is 2.14. The zero-order valence-corrected chi connectivity index (χ0v) is 13.6. The first-order valence-electron chi connectivity index (χ1n) is 8.07. The Labute approximate surface area is 124 Å². The molecule has 2 rings (SSSR count). The van der Waals surface area contributed by atoms with Crippen molar-refractivity contribution in [2.45, 2.75) is 65.3 Å². The van der Waals surface area contributed by atoms with Gasteiger partial charge < -0.3 is 10.6 Å². The summed E-state index contributed by atoms with van der Waals surface area (Å²) in [5.74, 6) is 0.871. The van der Waals surface area contributed by atoms with Gasteiger partial charge in [-0.2, -0.15) is 0 Å². The van der Waals surface area contributed by atoms with E-state index in [-0.39, 0.29) is 5.54 Å². The molecule has 0 heterocycles. The molecule has 0 saturated heterocycles. The number of anilines is 2. The molecule has 0 amide bonds. The molecule has 0 spiro atoms. The fraction of sp³-hybridized carbons (Fsp3) is 0.667. The first-order chi connectivity index (χ1) is 9.44. The first-order valence-corrected chi connectivity index (χ1v) is 8.07. The Bertz CT molecular complexity index is 426. The third-order valence-corrected chi connectivity index (χ3v) is 4.05. The van der Waals surface area contributed by atoms with E-state index in [2.05, 4.69) is 56.5 Å². The lowest BCUT2D eigenvalue weighted by Gasteiger charge is -2.24. The van der Waals surface area contributed by atoms with Crippen molar-refractivity contribution in [2.24, 2.45) is 5.92 Å². The van der Waals surface area contributed by atoms with Gasteiger partial charge in [0.25, 0.3) is 0 Å². The van der Waals surface area contributed by atoms with Crippen molar-refractivity contribution >= 4 is 11.4 Å². The highest BCUT2D eigenvalue weighted by molar-refractivity contribution is 5.59. The lowest BCUT2D eigenvalue weighted by Crippen LogP contribution is -2.26. The maximum atomic E-state index is 3.64. The largest absolute Gasteiger partial charge is 0.385 e. The second-order valence-electron chi connectivity index (χ2n) is 7.29. The topological polar surface area (TPSA) is 24.1 Å². The summed E-state index contributed by atoms with van der Waals surface area (Å²) >= 11 is 0. The van der Waals surface area contributed by atoms with E-state index in [9.17, 15) is 0 Å². The number of nitrogens with one attached hydrogen (secondary N) is 2. The van der Waals surface area contributed by atoms with E-state index in [1.54, 1.807) is 0 Å². The fourth-order valence-corrected chi connectivity index (χ4v) is 3.02. The van der Waals surface area contributed by atoms with Crippen LogP contribution in [0.15, 0.2) is 18.2 Å². The predicted molar refractivity (Wildman–Crippen MR) is 89.6 cm³/mol. The van der Waals surface area contributed by atoms with E-state index >= 15 is 0 Å². The second-order valence-corrected chi connectivity index (χ2v) is 7.29. The predicted octanol–water partition coefficient (Wildman–Crippen LogP) is 5.20. The molecular formula is C18H30N2. The van der Waals surface area contributed by atoms with Crippen LogP contribution in [0.5, 0.6) is 0 Å². The Morgan fingerprint density at radius 1 is 1.10 bits per heavy atom. The van der Waals surface area contributed by atoms with Gasteiger partial charge in [-0.25, -0.2) is 0 Å². The van der Waals surface area contributed by atoms with E-state index in [0.29, 0.717) is 0 Å². The fourth-order valence-electron chi connectivity index (χ4n) is 3.02. The van der Waals surface area contributed by atoms with Crippen molar-refractivity contribution in [3.63, 3.8) is 0 Å². The molecule has 0 unspecified atom stereocenters. The number of rotatable bonds is 4. The molecule has 2 heteroatoms. The summed E-state index contributed by atoms with van der Waals surface area (Å²) in [6.45, 7) is 9.90. The van der Waals surface area contributed by atoms with Crippen molar-refractivity contribution in [1.82, 2.24) is 0 Å². The van der Waals surface area contributed by atoms with E-state index < -0.39 is 0 Å². The van der Waals surface area contributed by atoms with E-state index in [0.717, 1.165) is 12.5 Å². The molecule has 0 radical (unpaired) electrons. The maximum absolute atomic E-state index is 3.64. The minimum atomic E-state index is 0.115. The molecule has 2 N–H and O–H groups in total. The molecule has 1 aliphatic rings. The van der Waals surface area contributed by atoms with Crippen LogP contribution in [-0.2, 0) is 0 Å². The minimum absolute atomic E-state index is 0.115. The summed E-state index contributed by atoms with van der Waals surface area (Å²) in [4.78, 5) is 0. The summed E-state index contributed by atoms with van der Waals surface area (Å²) < 4.78 is 0. The third-order valence-electron chi connectivity index (χ3n) is 4.05. The Kier molecular flexibility index (Phi) is 4.95. The van der Waals surface area contributed by atoms with Crippen LogP contribution in [-0.4, -0.2) is 12.1 Å². The molecule has 1 fully saturated rings. The molecule has 0 aromatic heterocycles. The van der Waals surface area contributed by atoms with Crippen LogP contribution in [0.25, 0.3) is 0 Å². The van der Waals surface area contributed by atoms with E-state index in [1.165, 1.54) is 49.0 Å². The van der Waals surface area contributed by atoms with Gasteiger partial charge in [-0.1, -0.05) is 19.3 Å². The molecule has 1 saturated carbocycles. The van der Waals surface area contributed by atoms with Gasteiger partial charge in [-0.05, 0) is 70.2 Å². The summed E-state index contributed by atoms with van der Waals surface area (Å²) in [6, 6.07) is 6.64. The van der Waals surface area contributed by atoms with Crippen molar-refractivity contribution < 1.29 is 0 Å². The van der Waals surface area contributed by atoms with Gasteiger partial charge in [-0.3, -0.25) is 0 Å². The van der Waals surface area contributed by atoms with Crippen molar-refractivity contribution in [2.75, 3.05) is 17.2 Å². The highest BCUT2D eigenvalue weighted by atomic mass is 15.0. The van der Waals surface area contributed by atoms with Gasteiger partial charge in [0, 0.05) is 23.5 Å². The lowest BCUT2D eigenvalue weighted by atomic mass is 9.89. The minimum Gasteiger partial charge on any atom is -0.385 e. The van der Waals surface area contributed by atoms with Crippen molar-refractivity contribution in [1.29, 1.82) is 0 Å². The maximum Gasteiger partial charge on any atom is 0.0371 e. The van der Waals surface area contributed by atoms with Crippen LogP contribution >= 0.6 is 0 Å². The monoisotopic (exact) mass is 274 g/mol. The van der Waals surface area contributed by atoms with Crippen LogP contribution < -0.4 is 10.6 Å². The van der Waals surface area contributed by atoms with Crippen molar-refractivity contribution in [3.8, 4) is 0 Å². The van der Waals surface area contributed by atoms with Gasteiger partial charge in [-0.15, -0.1) is 0 Å². The molecule has 2 nitrogen and oxygen atoms in total. The van der Waals surface area contributed by atoms with Gasteiger partial charge in [0.1, 0.15) is 0 Å². The molecule has 0 aliphatic heterocycles. The average molecular weight is 274 g/mol. The van der Waals surface area contributed by atoms with Crippen LogP contribution in [0.2, 0.25) is 0 Å². The molecule has 0 atom stereocenters. The van der Waals surface area contributed by atoms with E-state index in [4.69, 9.17) is 0 Å². The molecule has 1 aromatic rings. The number of benzene rings is 1. The van der Waals surface area contributed by atoms with Gasteiger partial charge in [0.15, 0.2) is 0 Å². The molecule has 112 valence electrons. The smallest absolute Gasteiger partial charge is 0.0371 e. The lowest BCUT2D eigenvalue weighted by molar-refractivity contribution is 0.373. The zero-order chi connectivity index (χ0) is 14.6. The number of hydrogen-bond acceptors (Lipinski definition) is 2. The molecule has 1 aliphatic carbocycles. The Balaban J connectivity index is 1.92. The van der Waals surface area contributed by atoms with Crippen LogP contribution in [0.1, 0.15) is 58.4 Å². The van der Waals surface area contributed by atoms with Gasteiger partial charge in [0.2, 0.25) is 0 Å². The normalized spacial score (nSPS) is 17.0. The summed E-state index contributed by atoms with van der Waals surface area (Å²) in [5, 5.41) is 7.17. The highest BCUT2D eigenvalue weighted by Crippen LogP contribution is 2.26. The Morgan fingerprint density at radius 2 is 1.80 bits per heavy atom. The second kappa shape index (κ2) is 6.51. The summed E-state index contributed by atoms with van der Waals surface area (Å²) in [5.41, 5.74) is 3.94. The Hall–Kier alpha value is -1.18. The Morgan fingerprint density at radius 3 is 2.40 bits per heavy atom. The SMILES string of the molecule is Cc1cc(NC(C)(C)C)ccc1NCC1CCCCC1. The molecule has 0 bridgehead atoms. The first kappa shape index (κ1) is 15.2. The summed E-state index contributed by atoms with van der Waals surface area (Å²) in [6.07, 6.45) is 7.06. The quantitative estimate of drug-likeness (QED) is 0.788. The molecule has 1 aromatic carbocycles. The van der Waals surface area contributed by atoms with Crippen LogP contribution in [0.4, 0.5) is 11.4 Å². The molecule has 20 heavy (non-hydrogen) atoms. The number of hydrogen-bond donors (Lipinski definition) is 2. The zero-order valence-electron chi connectivity index (χ0n) is 13.6. The third kappa shape index (κ3) is 4.73.